The fourth-order valence-electron chi connectivity index (χ4n) is 3.24. The average molecular weight is 317 g/mol. The van der Waals surface area contributed by atoms with E-state index in [1.54, 1.807) is 0 Å². The summed E-state index contributed by atoms with van der Waals surface area (Å²) in [7, 11) is 0. The summed E-state index contributed by atoms with van der Waals surface area (Å²) < 4.78 is 0. The van der Waals surface area contributed by atoms with E-state index in [0.29, 0.717) is 5.69 Å². The van der Waals surface area contributed by atoms with E-state index in [-0.39, 0.29) is 12.5 Å². The maximum atomic E-state index is 12.5. The van der Waals surface area contributed by atoms with Gasteiger partial charge in [0.05, 0.1) is 6.42 Å². The van der Waals surface area contributed by atoms with E-state index < -0.39 is 5.91 Å². The second-order valence-electron chi connectivity index (χ2n) is 6.30. The van der Waals surface area contributed by atoms with Crippen LogP contribution in [0.1, 0.15) is 44.6 Å². The zero-order valence-electron chi connectivity index (χ0n) is 13.9. The number of carbonyl (C=O) groups excluding carboxylic acids is 2. The highest BCUT2D eigenvalue weighted by atomic mass is 16.2. The van der Waals surface area contributed by atoms with Crippen LogP contribution < -0.4 is 11.1 Å². The van der Waals surface area contributed by atoms with Gasteiger partial charge < -0.3 is 16.0 Å². The summed E-state index contributed by atoms with van der Waals surface area (Å²) in [6, 6.07) is 7.24. The molecule has 0 spiro atoms. The zero-order chi connectivity index (χ0) is 16.7. The number of primary amides is 1. The molecule has 0 bridgehead atoms. The molecule has 5 heteroatoms. The third kappa shape index (κ3) is 5.27. The molecular formula is C18H27N3O2. The maximum Gasteiger partial charge on any atom is 0.321 e. The van der Waals surface area contributed by atoms with Gasteiger partial charge in [0, 0.05) is 18.8 Å². The average Bonchev–Trinajstić information content (AvgIpc) is 2.75. The number of hydrogen-bond donors (Lipinski definition) is 2. The number of nitrogens with one attached hydrogen (secondary N) is 1. The molecule has 1 aromatic carbocycles. The molecule has 1 saturated heterocycles. The number of anilines is 1. The minimum Gasteiger partial charge on any atom is -0.369 e. The number of nitrogens with two attached hydrogens (primary N) is 1. The van der Waals surface area contributed by atoms with Crippen molar-refractivity contribution in [1.82, 2.24) is 4.90 Å². The Morgan fingerprint density at radius 1 is 1.26 bits per heavy atom. The Labute approximate surface area is 138 Å². The first-order valence-corrected chi connectivity index (χ1v) is 8.52. The third-order valence-electron chi connectivity index (χ3n) is 4.46. The molecule has 126 valence electrons. The van der Waals surface area contributed by atoms with Crippen LogP contribution in [-0.4, -0.2) is 29.9 Å². The van der Waals surface area contributed by atoms with Crippen molar-refractivity contribution in [2.75, 3.05) is 18.4 Å². The van der Waals surface area contributed by atoms with Crippen molar-refractivity contribution >= 4 is 17.6 Å². The Balaban J connectivity index is 1.98. The summed E-state index contributed by atoms with van der Waals surface area (Å²) in [5.74, 6) is 0.337. The predicted octanol–water partition coefficient (Wildman–Crippen LogP) is 3.15. The molecule has 5 nitrogen and oxygen atoms in total. The quantitative estimate of drug-likeness (QED) is 0.875. The molecule has 1 aliphatic heterocycles. The highest BCUT2D eigenvalue weighted by Gasteiger charge is 2.20. The van der Waals surface area contributed by atoms with Crippen LogP contribution >= 0.6 is 0 Å². The first-order chi connectivity index (χ1) is 11.1. The second kappa shape index (κ2) is 8.56. The number of carbonyl (C=O) groups is 2. The Kier molecular flexibility index (Phi) is 6.44. The Hall–Kier alpha value is -2.04. The van der Waals surface area contributed by atoms with Gasteiger partial charge in [-0.1, -0.05) is 38.0 Å². The van der Waals surface area contributed by atoms with Crippen molar-refractivity contribution < 1.29 is 9.59 Å². The Bertz CT molecular complexity index is 545. The number of rotatable bonds is 5. The van der Waals surface area contributed by atoms with Gasteiger partial charge in [-0.15, -0.1) is 0 Å². The number of urea groups is 1. The van der Waals surface area contributed by atoms with Crippen LogP contribution in [0.2, 0.25) is 0 Å². The van der Waals surface area contributed by atoms with E-state index in [9.17, 15) is 9.59 Å². The lowest BCUT2D eigenvalue weighted by Gasteiger charge is -2.22. The summed E-state index contributed by atoms with van der Waals surface area (Å²) >= 11 is 0. The van der Waals surface area contributed by atoms with Crippen molar-refractivity contribution in [2.45, 2.75) is 45.4 Å². The third-order valence-corrected chi connectivity index (χ3v) is 4.46. The van der Waals surface area contributed by atoms with Gasteiger partial charge in [0.25, 0.3) is 0 Å². The summed E-state index contributed by atoms with van der Waals surface area (Å²) in [5, 5.41) is 2.94. The van der Waals surface area contributed by atoms with Crippen LogP contribution in [0.4, 0.5) is 10.5 Å². The molecular weight excluding hydrogens is 290 g/mol. The van der Waals surface area contributed by atoms with Crippen LogP contribution in [0.25, 0.3) is 0 Å². The van der Waals surface area contributed by atoms with Crippen molar-refractivity contribution in [3.8, 4) is 0 Å². The number of nitrogens with zero attached hydrogens (tertiary/aromatic N) is 1. The largest absolute Gasteiger partial charge is 0.369 e. The van der Waals surface area contributed by atoms with Gasteiger partial charge in [-0.3, -0.25) is 4.79 Å². The number of amides is 3. The molecule has 0 radical (unpaired) electrons. The van der Waals surface area contributed by atoms with Crippen molar-refractivity contribution in [1.29, 1.82) is 0 Å². The molecule has 3 N–H and O–H groups in total. The van der Waals surface area contributed by atoms with Gasteiger partial charge in [0.1, 0.15) is 0 Å². The van der Waals surface area contributed by atoms with Gasteiger partial charge >= 0.3 is 6.03 Å². The molecule has 23 heavy (non-hydrogen) atoms. The fraction of sp³-hybridized carbons (Fsp3) is 0.556. The smallest absolute Gasteiger partial charge is 0.321 e. The summed E-state index contributed by atoms with van der Waals surface area (Å²) in [6.45, 7) is 3.81. The highest BCUT2D eigenvalue weighted by Crippen LogP contribution is 2.23. The molecule has 0 aromatic heterocycles. The number of likely N-dealkylation sites (tertiary alicyclic amines) is 1. The van der Waals surface area contributed by atoms with Crippen LogP contribution in [0.5, 0.6) is 0 Å². The highest BCUT2D eigenvalue weighted by molar-refractivity contribution is 5.91. The van der Waals surface area contributed by atoms with Crippen LogP contribution in [0.3, 0.4) is 0 Å². The normalized spacial score (nSPS) is 18.3. The molecule has 1 fully saturated rings. The van der Waals surface area contributed by atoms with Crippen LogP contribution in [0, 0.1) is 5.92 Å². The molecule has 1 unspecified atom stereocenters. The lowest BCUT2D eigenvalue weighted by atomic mass is 9.96. The van der Waals surface area contributed by atoms with Crippen molar-refractivity contribution in [3.63, 3.8) is 0 Å². The molecule has 1 aromatic rings. The van der Waals surface area contributed by atoms with Crippen LogP contribution in [0.15, 0.2) is 24.3 Å². The number of benzene rings is 1. The first kappa shape index (κ1) is 17.3. The van der Waals surface area contributed by atoms with Gasteiger partial charge in [0.2, 0.25) is 5.91 Å². The lowest BCUT2D eigenvalue weighted by molar-refractivity contribution is -0.117. The van der Waals surface area contributed by atoms with Gasteiger partial charge in [-0.2, -0.15) is 0 Å². The Morgan fingerprint density at radius 2 is 2.04 bits per heavy atom. The van der Waals surface area contributed by atoms with E-state index in [0.717, 1.165) is 37.4 Å². The van der Waals surface area contributed by atoms with Gasteiger partial charge in [-0.25, -0.2) is 4.79 Å². The fourth-order valence-corrected chi connectivity index (χ4v) is 3.24. The van der Waals surface area contributed by atoms with E-state index in [4.69, 9.17) is 5.73 Å². The van der Waals surface area contributed by atoms with Gasteiger partial charge in [-0.05, 0) is 36.8 Å². The standard InChI is InChI=1S/C18H27N3O2/c1-2-6-14-7-5-11-21(12-10-14)18(23)20-16-9-4-3-8-15(16)13-17(19)22/h3-4,8-9,14H,2,5-7,10-13H2,1H3,(H2,19,22)(H,20,23). The molecule has 0 aliphatic carbocycles. The van der Waals surface area contributed by atoms with Gasteiger partial charge in [0.15, 0.2) is 0 Å². The zero-order valence-corrected chi connectivity index (χ0v) is 13.9. The minimum absolute atomic E-state index is 0.0842. The van der Waals surface area contributed by atoms with Crippen molar-refractivity contribution in [3.05, 3.63) is 29.8 Å². The minimum atomic E-state index is -0.399. The first-order valence-electron chi connectivity index (χ1n) is 8.52. The molecule has 0 saturated carbocycles. The Morgan fingerprint density at radius 3 is 2.78 bits per heavy atom. The topological polar surface area (TPSA) is 75.4 Å². The monoisotopic (exact) mass is 317 g/mol. The molecule has 3 amide bonds. The maximum absolute atomic E-state index is 12.5. The summed E-state index contributed by atoms with van der Waals surface area (Å²) in [5.41, 5.74) is 6.70. The van der Waals surface area contributed by atoms with E-state index in [1.165, 1.54) is 19.3 Å². The summed E-state index contributed by atoms with van der Waals surface area (Å²) in [6.07, 6.45) is 5.92. The van der Waals surface area contributed by atoms with E-state index >= 15 is 0 Å². The van der Waals surface area contributed by atoms with E-state index in [1.807, 2.05) is 29.2 Å². The molecule has 1 atom stereocenters. The van der Waals surface area contributed by atoms with Crippen molar-refractivity contribution in [2.24, 2.45) is 11.7 Å². The molecule has 1 heterocycles. The molecule has 1 aliphatic rings. The molecule has 2 rings (SSSR count). The SMILES string of the molecule is CCCC1CCCN(C(=O)Nc2ccccc2CC(N)=O)CC1. The number of para-hydroxylation sites is 1. The van der Waals surface area contributed by atoms with E-state index in [2.05, 4.69) is 12.2 Å². The number of hydrogen-bond acceptors (Lipinski definition) is 2. The second-order valence-corrected chi connectivity index (χ2v) is 6.30. The predicted molar refractivity (Wildman–Crippen MR) is 92.2 cm³/mol. The van der Waals surface area contributed by atoms with Crippen LogP contribution in [-0.2, 0) is 11.2 Å². The lowest BCUT2D eigenvalue weighted by Crippen LogP contribution is -2.36. The summed E-state index contributed by atoms with van der Waals surface area (Å²) in [4.78, 5) is 25.6.